The molecule has 0 radical (unpaired) electrons. The summed E-state index contributed by atoms with van der Waals surface area (Å²) in [7, 11) is 1.86. The van der Waals surface area contributed by atoms with Gasteiger partial charge in [-0.15, -0.1) is 0 Å². The van der Waals surface area contributed by atoms with E-state index < -0.39 is 0 Å². The minimum atomic E-state index is 0.0671. The van der Waals surface area contributed by atoms with Crippen LogP contribution in [0.1, 0.15) is 65.7 Å². The van der Waals surface area contributed by atoms with E-state index in [-0.39, 0.29) is 5.54 Å². The molecule has 1 aliphatic carbocycles. The molecule has 0 aromatic carbocycles. The smallest absolute Gasteiger partial charge is 0.0767 e. The van der Waals surface area contributed by atoms with E-state index in [9.17, 15) is 0 Å². The Morgan fingerprint density at radius 3 is 2.63 bits per heavy atom. The van der Waals surface area contributed by atoms with Crippen LogP contribution in [0.15, 0.2) is 0 Å². The first-order valence-electron chi connectivity index (χ1n) is 8.15. The summed E-state index contributed by atoms with van der Waals surface area (Å²) in [5.74, 6) is 0. The van der Waals surface area contributed by atoms with Crippen LogP contribution in [0.3, 0.4) is 0 Å². The second-order valence-electron chi connectivity index (χ2n) is 6.08. The van der Waals surface area contributed by atoms with Crippen molar-refractivity contribution in [1.29, 1.82) is 0 Å². The first-order chi connectivity index (χ1) is 9.16. The van der Waals surface area contributed by atoms with Crippen molar-refractivity contribution in [2.75, 3.05) is 20.2 Å². The minimum Gasteiger partial charge on any atom is -0.379 e. The number of hydrogen-bond acceptors (Lipinski definition) is 3. The maximum absolute atomic E-state index is 6.25. The average molecular weight is 270 g/mol. The van der Waals surface area contributed by atoms with Gasteiger partial charge >= 0.3 is 0 Å². The van der Waals surface area contributed by atoms with Crippen LogP contribution in [0.5, 0.6) is 0 Å². The molecule has 3 unspecified atom stereocenters. The summed E-state index contributed by atoms with van der Waals surface area (Å²) >= 11 is 0. The molecule has 0 spiro atoms. The number of rotatable bonds is 8. The molecule has 1 fully saturated rings. The zero-order valence-electron chi connectivity index (χ0n) is 13.5. The third kappa shape index (κ3) is 3.71. The SMILES string of the molecule is CCCCN(C(C)CC)C1(CN)CCCCC1OC. The van der Waals surface area contributed by atoms with Gasteiger partial charge in [-0.3, -0.25) is 4.90 Å². The van der Waals surface area contributed by atoms with E-state index >= 15 is 0 Å². The highest BCUT2D eigenvalue weighted by molar-refractivity contribution is 5.02. The summed E-state index contributed by atoms with van der Waals surface area (Å²) in [5.41, 5.74) is 6.31. The Morgan fingerprint density at radius 2 is 2.11 bits per heavy atom. The van der Waals surface area contributed by atoms with Gasteiger partial charge in [-0.05, 0) is 39.2 Å². The first kappa shape index (κ1) is 16.9. The van der Waals surface area contributed by atoms with Gasteiger partial charge in [-0.25, -0.2) is 0 Å². The van der Waals surface area contributed by atoms with Gasteiger partial charge in [0.1, 0.15) is 0 Å². The highest BCUT2D eigenvalue weighted by atomic mass is 16.5. The van der Waals surface area contributed by atoms with Crippen LogP contribution < -0.4 is 5.73 Å². The summed E-state index contributed by atoms with van der Waals surface area (Å²) < 4.78 is 5.83. The van der Waals surface area contributed by atoms with Crippen LogP contribution in [0.2, 0.25) is 0 Å². The number of nitrogens with zero attached hydrogens (tertiary/aromatic N) is 1. The molecule has 114 valence electrons. The van der Waals surface area contributed by atoms with E-state index in [1.165, 1.54) is 38.5 Å². The van der Waals surface area contributed by atoms with Crippen LogP contribution in [-0.2, 0) is 4.74 Å². The molecule has 0 heterocycles. The molecule has 0 aromatic heterocycles. The molecule has 0 saturated heterocycles. The number of hydrogen-bond donors (Lipinski definition) is 1. The van der Waals surface area contributed by atoms with E-state index in [1.54, 1.807) is 0 Å². The van der Waals surface area contributed by atoms with E-state index in [2.05, 4.69) is 25.7 Å². The highest BCUT2D eigenvalue weighted by Gasteiger charge is 2.45. The molecule has 3 heteroatoms. The van der Waals surface area contributed by atoms with Crippen molar-refractivity contribution in [3.63, 3.8) is 0 Å². The van der Waals surface area contributed by atoms with Gasteiger partial charge in [-0.2, -0.15) is 0 Å². The molecule has 1 rings (SSSR count). The van der Waals surface area contributed by atoms with Crippen molar-refractivity contribution >= 4 is 0 Å². The normalized spacial score (nSPS) is 29.7. The largest absolute Gasteiger partial charge is 0.379 e. The van der Waals surface area contributed by atoms with Gasteiger partial charge < -0.3 is 10.5 Å². The van der Waals surface area contributed by atoms with Gasteiger partial charge in [0.25, 0.3) is 0 Å². The Bertz CT molecular complexity index is 247. The second kappa shape index (κ2) is 8.23. The van der Waals surface area contributed by atoms with Crippen molar-refractivity contribution < 1.29 is 4.74 Å². The Morgan fingerprint density at radius 1 is 1.37 bits per heavy atom. The Hall–Kier alpha value is -0.120. The zero-order chi connectivity index (χ0) is 14.3. The molecule has 1 aliphatic rings. The van der Waals surface area contributed by atoms with Gasteiger partial charge in [-0.1, -0.05) is 33.1 Å². The van der Waals surface area contributed by atoms with Crippen molar-refractivity contribution in [3.8, 4) is 0 Å². The van der Waals surface area contributed by atoms with Gasteiger partial charge in [0.05, 0.1) is 11.6 Å². The molecule has 3 nitrogen and oxygen atoms in total. The molecule has 0 aliphatic heterocycles. The van der Waals surface area contributed by atoms with Gasteiger partial charge in [0.15, 0.2) is 0 Å². The van der Waals surface area contributed by atoms with E-state index in [4.69, 9.17) is 10.5 Å². The molecular formula is C16H34N2O. The number of unbranched alkanes of at least 4 members (excludes halogenated alkanes) is 1. The van der Waals surface area contributed by atoms with Crippen molar-refractivity contribution in [1.82, 2.24) is 4.90 Å². The number of nitrogens with two attached hydrogens (primary N) is 1. The second-order valence-corrected chi connectivity index (χ2v) is 6.08. The van der Waals surface area contributed by atoms with Crippen molar-refractivity contribution in [2.24, 2.45) is 5.73 Å². The molecule has 2 N–H and O–H groups in total. The predicted octanol–water partition coefficient (Wildman–Crippen LogP) is 3.17. The Labute approximate surface area is 119 Å². The van der Waals surface area contributed by atoms with E-state index in [0.29, 0.717) is 12.1 Å². The van der Waals surface area contributed by atoms with E-state index in [0.717, 1.165) is 19.5 Å². The molecule has 0 amide bonds. The van der Waals surface area contributed by atoms with Gasteiger partial charge in [0, 0.05) is 19.7 Å². The molecular weight excluding hydrogens is 236 g/mol. The van der Waals surface area contributed by atoms with E-state index in [1.807, 2.05) is 7.11 Å². The van der Waals surface area contributed by atoms with Crippen LogP contribution in [0.25, 0.3) is 0 Å². The monoisotopic (exact) mass is 270 g/mol. The standard InChI is InChI=1S/C16H34N2O/c1-5-7-12-18(14(3)6-2)16(13-17)11-9-8-10-15(16)19-4/h14-15H,5-13,17H2,1-4H3. The number of methoxy groups -OCH3 is 1. The average Bonchev–Trinajstić information content (AvgIpc) is 2.47. The molecule has 19 heavy (non-hydrogen) atoms. The van der Waals surface area contributed by atoms with Crippen LogP contribution in [0.4, 0.5) is 0 Å². The molecule has 1 saturated carbocycles. The highest BCUT2D eigenvalue weighted by Crippen LogP contribution is 2.37. The topological polar surface area (TPSA) is 38.5 Å². The summed E-state index contributed by atoms with van der Waals surface area (Å²) in [6, 6.07) is 0.589. The summed E-state index contributed by atoms with van der Waals surface area (Å²) in [6.45, 7) is 8.76. The predicted molar refractivity (Wildman–Crippen MR) is 82.4 cm³/mol. The fraction of sp³-hybridized carbons (Fsp3) is 1.00. The lowest BCUT2D eigenvalue weighted by atomic mass is 9.76. The third-order valence-corrected chi connectivity index (χ3v) is 5.01. The summed E-state index contributed by atoms with van der Waals surface area (Å²) in [6.07, 6.45) is 8.90. The Kier molecular flexibility index (Phi) is 7.33. The van der Waals surface area contributed by atoms with Crippen LogP contribution in [-0.4, -0.2) is 42.8 Å². The van der Waals surface area contributed by atoms with Crippen molar-refractivity contribution in [2.45, 2.75) is 83.4 Å². The lowest BCUT2D eigenvalue weighted by molar-refractivity contribution is -0.0903. The fourth-order valence-corrected chi connectivity index (χ4v) is 3.64. The van der Waals surface area contributed by atoms with Crippen LogP contribution >= 0.6 is 0 Å². The Balaban J connectivity index is 2.96. The maximum Gasteiger partial charge on any atom is 0.0767 e. The summed E-state index contributed by atoms with van der Waals surface area (Å²) in [4.78, 5) is 2.67. The minimum absolute atomic E-state index is 0.0671. The molecule has 0 bridgehead atoms. The lowest BCUT2D eigenvalue weighted by Crippen LogP contribution is -2.65. The third-order valence-electron chi connectivity index (χ3n) is 5.01. The van der Waals surface area contributed by atoms with Crippen molar-refractivity contribution in [3.05, 3.63) is 0 Å². The first-order valence-corrected chi connectivity index (χ1v) is 8.15. The number of ether oxygens (including phenoxy) is 1. The van der Waals surface area contributed by atoms with Crippen LogP contribution in [0, 0.1) is 0 Å². The fourth-order valence-electron chi connectivity index (χ4n) is 3.64. The molecule has 0 aromatic rings. The quantitative estimate of drug-likeness (QED) is 0.736. The summed E-state index contributed by atoms with van der Waals surface area (Å²) in [5, 5.41) is 0. The van der Waals surface area contributed by atoms with Gasteiger partial charge in [0.2, 0.25) is 0 Å². The zero-order valence-corrected chi connectivity index (χ0v) is 13.5. The lowest BCUT2D eigenvalue weighted by Gasteiger charge is -2.52. The molecule has 3 atom stereocenters. The maximum atomic E-state index is 6.25.